The Labute approximate surface area is 194 Å². The zero-order valence-electron chi connectivity index (χ0n) is 19.3. The summed E-state index contributed by atoms with van der Waals surface area (Å²) in [6, 6.07) is 17.8. The average molecular weight is 442 g/mol. The summed E-state index contributed by atoms with van der Waals surface area (Å²) in [6.45, 7) is 0.896. The van der Waals surface area contributed by atoms with E-state index in [-0.39, 0.29) is 0 Å². The lowest BCUT2D eigenvalue weighted by atomic mass is 9.91. The number of imidazole rings is 1. The van der Waals surface area contributed by atoms with Crippen molar-refractivity contribution in [1.82, 2.24) is 24.8 Å². The molecule has 0 atom stereocenters. The first-order valence-corrected chi connectivity index (χ1v) is 11.7. The average Bonchev–Trinajstić information content (AvgIpc) is 3.38. The van der Waals surface area contributed by atoms with Crippen molar-refractivity contribution in [2.75, 3.05) is 24.3 Å². The summed E-state index contributed by atoms with van der Waals surface area (Å²) >= 11 is 0. The molecule has 0 unspecified atom stereocenters. The molecule has 33 heavy (non-hydrogen) atoms. The molecule has 5 rings (SSSR count). The minimum absolute atomic E-state index is 0.411. The summed E-state index contributed by atoms with van der Waals surface area (Å²) < 4.78 is 2.02. The minimum atomic E-state index is 0.411. The van der Waals surface area contributed by atoms with Crippen LogP contribution < -0.4 is 15.5 Å². The maximum absolute atomic E-state index is 4.80. The van der Waals surface area contributed by atoms with Crippen molar-refractivity contribution in [2.24, 2.45) is 0 Å². The van der Waals surface area contributed by atoms with Crippen LogP contribution in [0.3, 0.4) is 0 Å². The van der Waals surface area contributed by atoms with E-state index < -0.39 is 0 Å². The molecule has 2 heterocycles. The van der Waals surface area contributed by atoms with Crippen molar-refractivity contribution in [3.8, 4) is 5.69 Å². The summed E-state index contributed by atoms with van der Waals surface area (Å²) in [5.74, 6) is 1.68. The molecule has 2 aromatic heterocycles. The van der Waals surface area contributed by atoms with Crippen LogP contribution in [0.4, 0.5) is 11.8 Å². The molecule has 0 aliphatic heterocycles. The van der Waals surface area contributed by atoms with Crippen LogP contribution >= 0.6 is 0 Å². The Morgan fingerprint density at radius 1 is 0.939 bits per heavy atom. The number of aromatic nitrogens is 4. The van der Waals surface area contributed by atoms with Gasteiger partial charge in [0.25, 0.3) is 0 Å². The quantitative estimate of drug-likeness (QED) is 0.443. The highest BCUT2D eigenvalue weighted by Gasteiger charge is 2.22. The highest BCUT2D eigenvalue weighted by atomic mass is 15.2. The van der Waals surface area contributed by atoms with Gasteiger partial charge in [-0.3, -0.25) is 0 Å². The molecule has 0 saturated heterocycles. The SMILES string of the molecule is CN(C)c1nc(N[C@H]2CC[C@@H](NCc3ccc(-n4ccnc4)cc3)CC2)nc2ccccc12. The third-order valence-corrected chi connectivity index (χ3v) is 6.40. The van der Waals surface area contributed by atoms with Crippen LogP contribution in [0.2, 0.25) is 0 Å². The topological polar surface area (TPSA) is 70.9 Å². The van der Waals surface area contributed by atoms with Gasteiger partial charge >= 0.3 is 0 Å². The lowest BCUT2D eigenvalue weighted by Crippen LogP contribution is -2.37. The third-order valence-electron chi connectivity index (χ3n) is 6.40. The minimum Gasteiger partial charge on any atom is -0.362 e. The zero-order valence-corrected chi connectivity index (χ0v) is 19.3. The molecule has 0 radical (unpaired) electrons. The second-order valence-corrected chi connectivity index (χ2v) is 8.99. The van der Waals surface area contributed by atoms with E-state index in [0.29, 0.717) is 12.1 Å². The van der Waals surface area contributed by atoms with Crippen LogP contribution in [-0.2, 0) is 6.54 Å². The molecule has 1 saturated carbocycles. The van der Waals surface area contributed by atoms with Crippen LogP contribution in [0.5, 0.6) is 0 Å². The normalized spacial score (nSPS) is 18.4. The Kier molecular flexibility index (Phi) is 6.21. The fourth-order valence-corrected chi connectivity index (χ4v) is 4.55. The van der Waals surface area contributed by atoms with Gasteiger partial charge in [0.05, 0.1) is 11.8 Å². The molecule has 0 bridgehead atoms. The Balaban J connectivity index is 1.14. The number of nitrogens with zero attached hydrogens (tertiary/aromatic N) is 5. The van der Waals surface area contributed by atoms with Gasteiger partial charge in [-0.15, -0.1) is 0 Å². The number of para-hydroxylation sites is 1. The summed E-state index contributed by atoms with van der Waals surface area (Å²) in [6.07, 6.45) is 10.1. The number of hydrogen-bond donors (Lipinski definition) is 2. The number of anilines is 2. The molecule has 170 valence electrons. The number of rotatable bonds is 7. The number of hydrogen-bond acceptors (Lipinski definition) is 6. The van der Waals surface area contributed by atoms with Gasteiger partial charge in [-0.1, -0.05) is 24.3 Å². The van der Waals surface area contributed by atoms with Gasteiger partial charge in [-0.25, -0.2) is 9.97 Å². The van der Waals surface area contributed by atoms with Gasteiger partial charge in [-0.2, -0.15) is 4.98 Å². The molecule has 1 aliphatic rings. The van der Waals surface area contributed by atoms with Gasteiger partial charge in [0, 0.05) is 56.2 Å². The molecule has 1 aliphatic carbocycles. The molecule has 4 aromatic rings. The monoisotopic (exact) mass is 441 g/mol. The smallest absolute Gasteiger partial charge is 0.225 e. The summed E-state index contributed by atoms with van der Waals surface area (Å²) in [5.41, 5.74) is 3.42. The predicted octanol–water partition coefficient (Wildman–Crippen LogP) is 4.39. The second-order valence-electron chi connectivity index (χ2n) is 8.99. The van der Waals surface area contributed by atoms with E-state index in [1.165, 1.54) is 5.56 Å². The van der Waals surface area contributed by atoms with Crippen LogP contribution in [0.1, 0.15) is 31.2 Å². The maximum Gasteiger partial charge on any atom is 0.225 e. The summed E-state index contributed by atoms with van der Waals surface area (Å²) in [7, 11) is 4.06. The molecular weight excluding hydrogens is 410 g/mol. The maximum atomic E-state index is 4.80. The standard InChI is InChI=1S/C26H31N7/c1-32(2)25-23-5-3-4-6-24(23)30-26(31-25)29-21-11-9-20(10-12-21)28-17-19-7-13-22(14-8-19)33-16-15-27-18-33/h3-8,13-16,18,20-21,28H,9-12,17H2,1-2H3,(H,29,30,31)/t20-,21+. The first kappa shape index (κ1) is 21.4. The van der Waals surface area contributed by atoms with E-state index >= 15 is 0 Å². The molecule has 7 heteroatoms. The van der Waals surface area contributed by atoms with Crippen molar-refractivity contribution in [2.45, 2.75) is 44.3 Å². The first-order chi connectivity index (χ1) is 16.2. The number of nitrogens with one attached hydrogen (secondary N) is 2. The van der Waals surface area contributed by atoms with Crippen molar-refractivity contribution in [1.29, 1.82) is 0 Å². The molecule has 1 fully saturated rings. The Hall–Kier alpha value is -3.45. The van der Waals surface area contributed by atoms with Gasteiger partial charge in [-0.05, 0) is 55.5 Å². The van der Waals surface area contributed by atoms with E-state index in [1.807, 2.05) is 43.3 Å². The summed E-state index contributed by atoms with van der Waals surface area (Å²) in [4.78, 5) is 15.7. The van der Waals surface area contributed by atoms with Gasteiger partial charge in [0.15, 0.2) is 0 Å². The van der Waals surface area contributed by atoms with E-state index in [2.05, 4.69) is 56.9 Å². The van der Waals surface area contributed by atoms with Crippen LogP contribution in [0.25, 0.3) is 16.6 Å². The molecule has 7 nitrogen and oxygen atoms in total. The molecule has 0 spiro atoms. The fourth-order valence-electron chi connectivity index (χ4n) is 4.55. The molecule has 2 N–H and O–H groups in total. The van der Waals surface area contributed by atoms with Crippen molar-refractivity contribution in [3.63, 3.8) is 0 Å². The van der Waals surface area contributed by atoms with E-state index in [9.17, 15) is 0 Å². The zero-order chi connectivity index (χ0) is 22.6. The van der Waals surface area contributed by atoms with E-state index in [0.717, 1.165) is 60.6 Å². The lowest BCUT2D eigenvalue weighted by Gasteiger charge is -2.30. The van der Waals surface area contributed by atoms with Crippen molar-refractivity contribution >= 4 is 22.7 Å². The van der Waals surface area contributed by atoms with Crippen molar-refractivity contribution < 1.29 is 0 Å². The molecular formula is C26H31N7. The Morgan fingerprint density at radius 3 is 2.42 bits per heavy atom. The lowest BCUT2D eigenvalue weighted by molar-refractivity contribution is 0.352. The first-order valence-electron chi connectivity index (χ1n) is 11.7. The van der Waals surface area contributed by atoms with Gasteiger partial charge in [0.1, 0.15) is 5.82 Å². The van der Waals surface area contributed by atoms with Gasteiger partial charge in [0.2, 0.25) is 5.95 Å². The number of fused-ring (bicyclic) bond motifs is 1. The second kappa shape index (κ2) is 9.58. The number of benzene rings is 2. The predicted molar refractivity (Wildman–Crippen MR) is 134 cm³/mol. The Morgan fingerprint density at radius 2 is 1.70 bits per heavy atom. The summed E-state index contributed by atoms with van der Waals surface area (Å²) in [5, 5.41) is 8.42. The Bertz CT molecular complexity index is 1180. The van der Waals surface area contributed by atoms with Crippen LogP contribution in [-0.4, -0.2) is 45.7 Å². The molecule has 0 amide bonds. The largest absolute Gasteiger partial charge is 0.362 e. The van der Waals surface area contributed by atoms with Crippen LogP contribution in [0, 0.1) is 0 Å². The van der Waals surface area contributed by atoms with E-state index in [4.69, 9.17) is 9.97 Å². The van der Waals surface area contributed by atoms with Crippen LogP contribution in [0.15, 0.2) is 67.3 Å². The third kappa shape index (κ3) is 4.98. The van der Waals surface area contributed by atoms with Gasteiger partial charge < -0.3 is 20.1 Å². The van der Waals surface area contributed by atoms with Crippen molar-refractivity contribution in [3.05, 3.63) is 72.8 Å². The molecule has 2 aromatic carbocycles. The highest BCUT2D eigenvalue weighted by molar-refractivity contribution is 5.90. The van der Waals surface area contributed by atoms with E-state index in [1.54, 1.807) is 6.20 Å². The highest BCUT2D eigenvalue weighted by Crippen LogP contribution is 2.26. The fraction of sp³-hybridized carbons (Fsp3) is 0.346.